The number of hydrogen-bond acceptors (Lipinski definition) is 4. The molecule has 0 saturated heterocycles. The van der Waals surface area contributed by atoms with Crippen molar-refractivity contribution in [1.82, 2.24) is 0 Å². The van der Waals surface area contributed by atoms with Crippen molar-refractivity contribution in [3.05, 3.63) is 35.4 Å². The van der Waals surface area contributed by atoms with E-state index in [1.54, 1.807) is 24.3 Å². The van der Waals surface area contributed by atoms with Gasteiger partial charge in [-0.2, -0.15) is 0 Å². The van der Waals surface area contributed by atoms with Gasteiger partial charge in [0.25, 0.3) is 0 Å². The largest absolute Gasteiger partial charge is 0.462 e. The SMILES string of the molecule is CC(C)(C)CCCCCCCCCOC(=O)c1ccccc1C(=O)OCCCCCCCCCC(C)(C)C. The Kier molecular flexibility index (Phi) is 17.3. The summed E-state index contributed by atoms with van der Waals surface area (Å²) in [4.78, 5) is 25.2. The maximum absolute atomic E-state index is 12.6. The van der Waals surface area contributed by atoms with Gasteiger partial charge in [0, 0.05) is 0 Å². The molecule has 0 spiro atoms. The Bertz CT molecular complexity index is 704. The van der Waals surface area contributed by atoms with Crippen molar-refractivity contribution in [2.24, 2.45) is 10.8 Å². The van der Waals surface area contributed by atoms with Gasteiger partial charge in [-0.25, -0.2) is 9.59 Å². The molecule has 0 bridgehead atoms. The highest BCUT2D eigenvalue weighted by Gasteiger charge is 2.19. The predicted octanol–water partition coefficient (Wildman–Crippen LogP) is 10.3. The Morgan fingerprint density at radius 1 is 0.500 bits per heavy atom. The highest BCUT2D eigenvalue weighted by Crippen LogP contribution is 2.23. The Hall–Kier alpha value is -1.84. The quantitative estimate of drug-likeness (QED) is 0.124. The minimum atomic E-state index is -0.439. The molecule has 0 unspecified atom stereocenters. The topological polar surface area (TPSA) is 52.6 Å². The molecule has 0 N–H and O–H groups in total. The molecule has 0 heterocycles. The molecule has 4 heteroatoms. The summed E-state index contributed by atoms with van der Waals surface area (Å²) in [6.07, 6.45) is 19.0. The van der Waals surface area contributed by atoms with E-state index in [0.717, 1.165) is 25.7 Å². The second kappa shape index (κ2) is 19.3. The number of carbonyl (C=O) groups is 2. The highest BCUT2D eigenvalue weighted by molar-refractivity contribution is 6.03. The molecular formula is C34H58O4. The van der Waals surface area contributed by atoms with E-state index in [1.165, 1.54) is 77.0 Å². The summed E-state index contributed by atoms with van der Waals surface area (Å²) < 4.78 is 10.9. The minimum absolute atomic E-state index is 0.298. The first-order chi connectivity index (χ1) is 18.0. The first kappa shape index (κ1) is 34.2. The van der Waals surface area contributed by atoms with Crippen LogP contribution in [0.25, 0.3) is 0 Å². The molecule has 1 rings (SSSR count). The molecule has 0 radical (unpaired) electrons. The van der Waals surface area contributed by atoms with Crippen LogP contribution >= 0.6 is 0 Å². The van der Waals surface area contributed by atoms with Crippen molar-refractivity contribution >= 4 is 11.9 Å². The summed E-state index contributed by atoms with van der Waals surface area (Å²) in [5, 5.41) is 0. The molecule has 4 nitrogen and oxygen atoms in total. The normalized spacial score (nSPS) is 11.9. The van der Waals surface area contributed by atoms with Crippen molar-refractivity contribution in [3.63, 3.8) is 0 Å². The van der Waals surface area contributed by atoms with E-state index >= 15 is 0 Å². The summed E-state index contributed by atoms with van der Waals surface area (Å²) in [6, 6.07) is 6.81. The van der Waals surface area contributed by atoms with Crippen LogP contribution in [0.1, 0.15) is 165 Å². The molecule has 0 aliphatic rings. The number of unbranched alkanes of at least 4 members (excludes halogenated alkanes) is 12. The molecule has 0 atom stereocenters. The number of benzene rings is 1. The molecule has 1 aromatic rings. The average molecular weight is 531 g/mol. The van der Waals surface area contributed by atoms with Gasteiger partial charge in [0.2, 0.25) is 0 Å². The Morgan fingerprint density at radius 3 is 1.11 bits per heavy atom. The lowest BCUT2D eigenvalue weighted by molar-refractivity contribution is 0.0450. The molecule has 0 aliphatic carbocycles. The van der Waals surface area contributed by atoms with E-state index in [-0.39, 0.29) is 0 Å². The number of hydrogen-bond donors (Lipinski definition) is 0. The van der Waals surface area contributed by atoms with Crippen molar-refractivity contribution in [3.8, 4) is 0 Å². The lowest BCUT2D eigenvalue weighted by Gasteiger charge is -2.17. The second-order valence-corrected chi connectivity index (χ2v) is 13.4. The molecule has 0 aromatic heterocycles. The number of carbonyl (C=O) groups excluding carboxylic acids is 2. The second-order valence-electron chi connectivity index (χ2n) is 13.4. The van der Waals surface area contributed by atoms with Gasteiger partial charge in [0.05, 0.1) is 24.3 Å². The first-order valence-corrected chi connectivity index (χ1v) is 15.4. The fraction of sp³-hybridized carbons (Fsp3) is 0.765. The van der Waals surface area contributed by atoms with Crippen LogP contribution in [-0.2, 0) is 9.47 Å². The zero-order valence-electron chi connectivity index (χ0n) is 25.7. The zero-order chi connectivity index (χ0) is 28.3. The lowest BCUT2D eigenvalue weighted by Crippen LogP contribution is -2.15. The summed E-state index contributed by atoms with van der Waals surface area (Å²) in [6.45, 7) is 14.6. The third-order valence-corrected chi connectivity index (χ3v) is 6.98. The Labute approximate surface area is 234 Å². The molecule has 0 amide bonds. The average Bonchev–Trinajstić information content (AvgIpc) is 2.84. The standard InChI is InChI=1S/C34H58O4/c1-33(2,3)25-19-13-9-7-11-15-21-27-37-31(35)29-23-17-18-24-30(29)32(36)38-28-22-16-12-8-10-14-20-26-34(4,5)6/h17-18,23-24H,7-16,19-22,25-28H2,1-6H3. The van der Waals surface area contributed by atoms with E-state index in [2.05, 4.69) is 41.5 Å². The molecule has 0 fully saturated rings. The number of esters is 2. The van der Waals surface area contributed by atoms with E-state index in [9.17, 15) is 9.59 Å². The van der Waals surface area contributed by atoms with Crippen LogP contribution < -0.4 is 0 Å². The summed E-state index contributed by atoms with van der Waals surface area (Å²) in [5.41, 5.74) is 1.47. The van der Waals surface area contributed by atoms with Gasteiger partial charge in [0.15, 0.2) is 0 Å². The minimum Gasteiger partial charge on any atom is -0.462 e. The van der Waals surface area contributed by atoms with Gasteiger partial charge in [0.1, 0.15) is 0 Å². The third-order valence-electron chi connectivity index (χ3n) is 6.98. The van der Waals surface area contributed by atoms with Crippen LogP contribution in [0.2, 0.25) is 0 Å². The zero-order valence-corrected chi connectivity index (χ0v) is 25.7. The smallest absolute Gasteiger partial charge is 0.339 e. The molecule has 38 heavy (non-hydrogen) atoms. The summed E-state index contributed by atoms with van der Waals surface area (Å²) in [5.74, 6) is -0.877. The Morgan fingerprint density at radius 2 is 0.789 bits per heavy atom. The molecule has 218 valence electrons. The van der Waals surface area contributed by atoms with Gasteiger partial charge < -0.3 is 9.47 Å². The fourth-order valence-electron chi connectivity index (χ4n) is 4.61. The maximum atomic E-state index is 12.6. The van der Waals surface area contributed by atoms with Crippen LogP contribution in [-0.4, -0.2) is 25.2 Å². The molecule has 0 saturated carbocycles. The lowest BCUT2D eigenvalue weighted by atomic mass is 9.89. The van der Waals surface area contributed by atoms with Crippen molar-refractivity contribution in [1.29, 1.82) is 0 Å². The first-order valence-electron chi connectivity index (χ1n) is 15.4. The monoisotopic (exact) mass is 530 g/mol. The van der Waals surface area contributed by atoms with Crippen LogP contribution in [0.4, 0.5) is 0 Å². The van der Waals surface area contributed by atoms with Gasteiger partial charge in [-0.05, 0) is 48.6 Å². The van der Waals surface area contributed by atoms with Crippen LogP contribution in [0.15, 0.2) is 24.3 Å². The maximum Gasteiger partial charge on any atom is 0.339 e. The highest BCUT2D eigenvalue weighted by atomic mass is 16.5. The summed E-state index contributed by atoms with van der Waals surface area (Å²) >= 11 is 0. The van der Waals surface area contributed by atoms with Gasteiger partial charge in [-0.1, -0.05) is 131 Å². The van der Waals surface area contributed by atoms with E-state index in [1.807, 2.05) is 0 Å². The van der Waals surface area contributed by atoms with Crippen molar-refractivity contribution < 1.29 is 19.1 Å². The predicted molar refractivity (Wildman–Crippen MR) is 160 cm³/mol. The number of ether oxygens (including phenoxy) is 2. The van der Waals surface area contributed by atoms with E-state index in [4.69, 9.17) is 9.47 Å². The Balaban J connectivity index is 2.17. The van der Waals surface area contributed by atoms with E-state index < -0.39 is 11.9 Å². The fourth-order valence-corrected chi connectivity index (χ4v) is 4.61. The van der Waals surface area contributed by atoms with Crippen molar-refractivity contribution in [2.45, 2.75) is 144 Å². The molecule has 0 aliphatic heterocycles. The van der Waals surface area contributed by atoms with E-state index in [0.29, 0.717) is 35.2 Å². The van der Waals surface area contributed by atoms with Gasteiger partial charge in [-0.15, -0.1) is 0 Å². The van der Waals surface area contributed by atoms with Crippen LogP contribution in [0.5, 0.6) is 0 Å². The van der Waals surface area contributed by atoms with Gasteiger partial charge >= 0.3 is 11.9 Å². The molecular weight excluding hydrogens is 472 g/mol. The summed E-state index contributed by atoms with van der Waals surface area (Å²) in [7, 11) is 0. The third kappa shape index (κ3) is 18.4. The van der Waals surface area contributed by atoms with Crippen LogP contribution in [0.3, 0.4) is 0 Å². The molecule has 1 aromatic carbocycles. The number of rotatable bonds is 20. The van der Waals surface area contributed by atoms with Crippen molar-refractivity contribution in [2.75, 3.05) is 13.2 Å². The van der Waals surface area contributed by atoms with Gasteiger partial charge in [-0.3, -0.25) is 0 Å². The van der Waals surface area contributed by atoms with Crippen LogP contribution in [0, 0.1) is 10.8 Å².